The second kappa shape index (κ2) is 13.2. The molecule has 10 nitrogen and oxygen atoms in total. The zero-order valence-corrected chi connectivity index (χ0v) is 28.6. The van der Waals surface area contributed by atoms with E-state index in [1.165, 1.54) is 0 Å². The fraction of sp³-hybridized carbons (Fsp3) is 0.529. The number of halogens is 1. The maximum Gasteiger partial charge on any atom is 0.264 e. The summed E-state index contributed by atoms with van der Waals surface area (Å²) >= 11 is 6.55. The molecular formula is C34H44ClN5O5Si. The van der Waals surface area contributed by atoms with Crippen molar-refractivity contribution in [3.8, 4) is 0 Å². The standard InChI is InChI=1S/C34H44ClN5O5Si/c1-23-32(46(2,3)44)30(15-18-38-22-26(16-19-41)36-37-38)45-34(23)28-20-25(35)11-14-29(28)40(33(34)43)21-24-9-12-27(13-10-24)39-17-7-5-4-6-8-31(39)42/h9-14,20,22-23,30,32,41,44H,4-8,15-19,21H2,1-3H3/t23-,30+,32-,34+/m0/s1. The van der Waals surface area contributed by atoms with E-state index in [1.807, 2.05) is 67.5 Å². The lowest BCUT2D eigenvalue weighted by Gasteiger charge is -2.32. The molecule has 0 unspecified atom stereocenters. The molecule has 3 aliphatic heterocycles. The van der Waals surface area contributed by atoms with E-state index in [9.17, 15) is 19.5 Å². The van der Waals surface area contributed by atoms with Gasteiger partial charge in [0.1, 0.15) is 0 Å². The Morgan fingerprint density at radius 3 is 2.59 bits per heavy atom. The number of carbonyl (C=O) groups excluding carboxylic acids is 2. The first-order valence-electron chi connectivity index (χ1n) is 16.4. The van der Waals surface area contributed by atoms with Gasteiger partial charge < -0.3 is 24.4 Å². The zero-order chi connectivity index (χ0) is 32.6. The Labute approximate surface area is 276 Å². The van der Waals surface area contributed by atoms with Gasteiger partial charge in [0.2, 0.25) is 5.91 Å². The fourth-order valence-corrected chi connectivity index (χ4v) is 10.6. The van der Waals surface area contributed by atoms with Gasteiger partial charge in [-0.2, -0.15) is 0 Å². The van der Waals surface area contributed by atoms with Gasteiger partial charge in [0, 0.05) is 66.5 Å². The third-order valence-electron chi connectivity index (χ3n) is 9.95. The number of carbonyl (C=O) groups is 2. The van der Waals surface area contributed by atoms with Gasteiger partial charge in [-0.1, -0.05) is 48.7 Å². The number of benzene rings is 2. The van der Waals surface area contributed by atoms with Crippen molar-refractivity contribution in [1.29, 1.82) is 0 Å². The molecule has 0 aliphatic carbocycles. The topological polar surface area (TPSA) is 121 Å². The summed E-state index contributed by atoms with van der Waals surface area (Å²) in [5.74, 6) is -0.298. The molecule has 4 atom stereocenters. The zero-order valence-electron chi connectivity index (χ0n) is 26.9. The third-order valence-corrected chi connectivity index (χ3v) is 12.7. The highest BCUT2D eigenvalue weighted by molar-refractivity contribution is 6.71. The number of aliphatic hydroxyl groups is 1. The number of fused-ring (bicyclic) bond motifs is 2. The lowest BCUT2D eigenvalue weighted by atomic mass is 9.82. The van der Waals surface area contributed by atoms with Crippen molar-refractivity contribution < 1.29 is 24.2 Å². The number of aliphatic hydroxyl groups excluding tert-OH is 1. The quantitative estimate of drug-likeness (QED) is 0.302. The van der Waals surface area contributed by atoms with Crippen LogP contribution >= 0.6 is 11.6 Å². The van der Waals surface area contributed by atoms with E-state index in [4.69, 9.17) is 16.3 Å². The van der Waals surface area contributed by atoms with E-state index in [0.29, 0.717) is 43.1 Å². The summed E-state index contributed by atoms with van der Waals surface area (Å²) in [6.07, 6.45) is 7.12. The Morgan fingerprint density at radius 2 is 1.85 bits per heavy atom. The summed E-state index contributed by atoms with van der Waals surface area (Å²) in [5.41, 5.74) is 2.51. The van der Waals surface area contributed by atoms with Crippen LogP contribution in [0.3, 0.4) is 0 Å². The van der Waals surface area contributed by atoms with Crippen molar-refractivity contribution in [2.75, 3.05) is 23.0 Å². The normalized spacial score (nSPS) is 25.3. The van der Waals surface area contributed by atoms with Crippen molar-refractivity contribution in [2.24, 2.45) is 5.92 Å². The van der Waals surface area contributed by atoms with Crippen molar-refractivity contribution in [2.45, 2.75) is 95.3 Å². The van der Waals surface area contributed by atoms with Gasteiger partial charge in [0.15, 0.2) is 13.9 Å². The number of anilines is 2. The van der Waals surface area contributed by atoms with E-state index in [-0.39, 0.29) is 29.9 Å². The van der Waals surface area contributed by atoms with Crippen LogP contribution in [0.15, 0.2) is 48.7 Å². The average Bonchev–Trinajstić information content (AvgIpc) is 3.65. The fourth-order valence-electron chi connectivity index (χ4n) is 7.81. The second-order valence-electron chi connectivity index (χ2n) is 13.5. The minimum absolute atomic E-state index is 0.000314. The first-order valence-corrected chi connectivity index (χ1v) is 19.8. The minimum Gasteiger partial charge on any atom is -0.432 e. The van der Waals surface area contributed by atoms with Crippen LogP contribution < -0.4 is 9.80 Å². The van der Waals surface area contributed by atoms with Crippen LogP contribution in [0.1, 0.15) is 62.3 Å². The van der Waals surface area contributed by atoms with Crippen LogP contribution in [-0.4, -0.2) is 64.3 Å². The molecule has 246 valence electrons. The molecule has 12 heteroatoms. The number of hydrogen-bond acceptors (Lipinski definition) is 7. The van der Waals surface area contributed by atoms with Crippen molar-refractivity contribution in [1.82, 2.24) is 15.0 Å². The maximum atomic E-state index is 14.7. The lowest BCUT2D eigenvalue weighted by Crippen LogP contribution is -2.46. The van der Waals surface area contributed by atoms with Gasteiger partial charge in [0.05, 0.1) is 24.0 Å². The molecule has 2 aromatic carbocycles. The number of amides is 2. The minimum atomic E-state index is -2.82. The summed E-state index contributed by atoms with van der Waals surface area (Å²) in [5, 5.41) is 18.1. The summed E-state index contributed by atoms with van der Waals surface area (Å²) in [4.78, 5) is 42.7. The Morgan fingerprint density at radius 1 is 1.09 bits per heavy atom. The lowest BCUT2D eigenvalue weighted by molar-refractivity contribution is -0.146. The highest BCUT2D eigenvalue weighted by Crippen LogP contribution is 2.60. The second-order valence-corrected chi connectivity index (χ2v) is 17.9. The number of aryl methyl sites for hydroxylation is 1. The number of nitrogens with zero attached hydrogens (tertiary/aromatic N) is 5. The van der Waals surface area contributed by atoms with E-state index < -0.39 is 20.0 Å². The molecule has 0 saturated carbocycles. The molecule has 2 N–H and O–H groups in total. The van der Waals surface area contributed by atoms with Crippen LogP contribution in [0.4, 0.5) is 11.4 Å². The van der Waals surface area contributed by atoms with Gasteiger partial charge in [-0.05, 0) is 68.3 Å². The predicted octanol–water partition coefficient (Wildman–Crippen LogP) is 5.20. The predicted molar refractivity (Wildman–Crippen MR) is 179 cm³/mol. The Hall–Kier alpha value is -3.09. The summed E-state index contributed by atoms with van der Waals surface area (Å²) in [6.45, 7) is 7.40. The molecule has 3 aromatic rings. The molecule has 2 saturated heterocycles. The highest BCUT2D eigenvalue weighted by atomic mass is 35.5. The largest absolute Gasteiger partial charge is 0.432 e. The van der Waals surface area contributed by atoms with Gasteiger partial charge in [-0.15, -0.1) is 5.10 Å². The van der Waals surface area contributed by atoms with Gasteiger partial charge in [-0.3, -0.25) is 14.3 Å². The Bertz CT molecular complexity index is 1580. The van der Waals surface area contributed by atoms with Gasteiger partial charge >= 0.3 is 0 Å². The first-order chi connectivity index (χ1) is 22.0. The number of hydrogen-bond donors (Lipinski definition) is 2. The molecule has 2 amide bonds. The van der Waals surface area contributed by atoms with Gasteiger partial charge in [-0.25, -0.2) is 0 Å². The number of aromatic nitrogens is 3. The van der Waals surface area contributed by atoms with Crippen molar-refractivity contribution >= 4 is 43.1 Å². The molecule has 46 heavy (non-hydrogen) atoms. The van der Waals surface area contributed by atoms with Crippen LogP contribution in [0, 0.1) is 5.92 Å². The highest BCUT2D eigenvalue weighted by Gasteiger charge is 2.66. The summed E-state index contributed by atoms with van der Waals surface area (Å²) < 4.78 is 8.64. The molecule has 1 aromatic heterocycles. The van der Waals surface area contributed by atoms with Crippen LogP contribution in [0.25, 0.3) is 0 Å². The van der Waals surface area contributed by atoms with Gasteiger partial charge in [0.25, 0.3) is 5.91 Å². The summed E-state index contributed by atoms with van der Waals surface area (Å²) in [6, 6.07) is 13.5. The Balaban J connectivity index is 1.28. The van der Waals surface area contributed by atoms with E-state index >= 15 is 0 Å². The molecular weight excluding hydrogens is 622 g/mol. The van der Waals surface area contributed by atoms with Crippen LogP contribution in [0.5, 0.6) is 0 Å². The monoisotopic (exact) mass is 665 g/mol. The number of rotatable bonds is 9. The van der Waals surface area contributed by atoms with Crippen molar-refractivity contribution in [3.05, 3.63) is 70.5 Å². The molecule has 2 fully saturated rings. The Kier molecular flexibility index (Phi) is 9.42. The smallest absolute Gasteiger partial charge is 0.264 e. The SMILES string of the molecule is C[C@H]1[C@H]([Si](C)(C)O)[C@@H](CCn2cc(CCO)nn2)O[C@]12C(=O)N(Cc1ccc(N3CCCCCCC3=O)cc1)c1ccc(Cl)cc12. The molecule has 4 heterocycles. The molecule has 1 spiro atoms. The van der Waals surface area contributed by atoms with Crippen molar-refractivity contribution in [3.63, 3.8) is 0 Å². The molecule has 6 rings (SSSR count). The summed E-state index contributed by atoms with van der Waals surface area (Å²) in [7, 11) is -2.82. The van der Waals surface area contributed by atoms with Crippen LogP contribution in [0.2, 0.25) is 23.7 Å². The van der Waals surface area contributed by atoms with E-state index in [2.05, 4.69) is 10.3 Å². The first kappa shape index (κ1) is 32.8. The molecule has 0 bridgehead atoms. The molecule has 3 aliphatic rings. The van der Waals surface area contributed by atoms with Crippen LogP contribution in [-0.2, 0) is 39.4 Å². The average molecular weight is 666 g/mol. The molecule has 0 radical (unpaired) electrons. The number of ether oxygens (including phenoxy) is 1. The third kappa shape index (κ3) is 6.15. The van der Waals surface area contributed by atoms with E-state index in [1.54, 1.807) is 15.6 Å². The maximum absolute atomic E-state index is 14.7. The van der Waals surface area contributed by atoms with E-state index in [0.717, 1.165) is 54.7 Å².